The second kappa shape index (κ2) is 7.07. The summed E-state index contributed by atoms with van der Waals surface area (Å²) in [6.07, 6.45) is 6.02. The average molecular weight is 297 g/mol. The molecule has 0 spiro atoms. The van der Waals surface area contributed by atoms with Gasteiger partial charge in [0.15, 0.2) is 0 Å². The summed E-state index contributed by atoms with van der Waals surface area (Å²) in [7, 11) is 4.28. The first-order valence-corrected chi connectivity index (χ1v) is 8.31. The van der Waals surface area contributed by atoms with E-state index in [1.54, 1.807) is 0 Å². The van der Waals surface area contributed by atoms with Crippen molar-refractivity contribution in [2.75, 3.05) is 40.3 Å². The summed E-state index contributed by atoms with van der Waals surface area (Å²) in [6, 6.07) is 0. The van der Waals surface area contributed by atoms with Crippen LogP contribution in [-0.4, -0.2) is 66.7 Å². The zero-order valence-electron chi connectivity index (χ0n) is 13.6. The SMILES string of the molecule is CN(C)CC1CCN(CCC2CCCC2(N)C(=O)O)CC1. The number of likely N-dealkylation sites (tertiary alicyclic amines) is 1. The van der Waals surface area contributed by atoms with E-state index in [9.17, 15) is 9.90 Å². The van der Waals surface area contributed by atoms with Crippen LogP contribution in [0.2, 0.25) is 0 Å². The van der Waals surface area contributed by atoms with Gasteiger partial charge < -0.3 is 20.6 Å². The van der Waals surface area contributed by atoms with Gasteiger partial charge in [-0.1, -0.05) is 6.42 Å². The third-order valence-electron chi connectivity index (χ3n) is 5.39. The molecule has 0 aromatic rings. The van der Waals surface area contributed by atoms with Gasteiger partial charge in [-0.2, -0.15) is 0 Å². The van der Waals surface area contributed by atoms with Crippen LogP contribution in [0.25, 0.3) is 0 Å². The van der Waals surface area contributed by atoms with Crippen LogP contribution in [0.4, 0.5) is 0 Å². The lowest BCUT2D eigenvalue weighted by Crippen LogP contribution is -2.51. The molecule has 3 N–H and O–H groups in total. The number of piperidine rings is 1. The highest BCUT2D eigenvalue weighted by atomic mass is 16.4. The summed E-state index contributed by atoms with van der Waals surface area (Å²) in [5.41, 5.74) is 5.15. The van der Waals surface area contributed by atoms with Gasteiger partial charge >= 0.3 is 5.97 Å². The molecule has 0 aromatic carbocycles. The van der Waals surface area contributed by atoms with Gasteiger partial charge in [-0.3, -0.25) is 4.79 Å². The van der Waals surface area contributed by atoms with Crippen molar-refractivity contribution in [3.05, 3.63) is 0 Å². The molecule has 122 valence electrons. The number of nitrogens with zero attached hydrogens (tertiary/aromatic N) is 2. The Bertz CT molecular complexity index is 353. The van der Waals surface area contributed by atoms with Crippen molar-refractivity contribution < 1.29 is 9.90 Å². The normalized spacial score (nSPS) is 31.9. The first kappa shape index (κ1) is 16.7. The van der Waals surface area contributed by atoms with Gasteiger partial charge in [0.05, 0.1) is 0 Å². The van der Waals surface area contributed by atoms with Crippen molar-refractivity contribution in [3.63, 3.8) is 0 Å². The highest BCUT2D eigenvalue weighted by Crippen LogP contribution is 2.36. The van der Waals surface area contributed by atoms with E-state index in [1.165, 1.54) is 19.4 Å². The number of nitrogens with two attached hydrogens (primary N) is 1. The molecule has 5 heteroatoms. The van der Waals surface area contributed by atoms with E-state index >= 15 is 0 Å². The Balaban J connectivity index is 1.73. The first-order valence-electron chi connectivity index (χ1n) is 8.31. The highest BCUT2D eigenvalue weighted by Gasteiger charge is 2.45. The second-order valence-corrected chi connectivity index (χ2v) is 7.27. The molecule has 0 radical (unpaired) electrons. The number of hydrogen-bond acceptors (Lipinski definition) is 4. The number of hydrogen-bond donors (Lipinski definition) is 2. The molecular formula is C16H31N3O2. The monoisotopic (exact) mass is 297 g/mol. The maximum Gasteiger partial charge on any atom is 0.323 e. The fourth-order valence-electron chi connectivity index (χ4n) is 4.03. The standard InChI is InChI=1S/C16H31N3O2/c1-18(2)12-13-5-9-19(10-6-13)11-7-14-4-3-8-16(14,17)15(20)21/h13-14H,3-12,17H2,1-2H3,(H,20,21). The summed E-state index contributed by atoms with van der Waals surface area (Å²) in [5.74, 6) is 0.152. The van der Waals surface area contributed by atoms with E-state index in [0.29, 0.717) is 6.42 Å². The van der Waals surface area contributed by atoms with Gasteiger partial charge in [0.25, 0.3) is 0 Å². The van der Waals surface area contributed by atoms with Gasteiger partial charge in [-0.25, -0.2) is 0 Å². The van der Waals surface area contributed by atoms with Crippen LogP contribution in [0.3, 0.4) is 0 Å². The Kier molecular flexibility index (Phi) is 5.63. The van der Waals surface area contributed by atoms with E-state index < -0.39 is 11.5 Å². The summed E-state index contributed by atoms with van der Waals surface area (Å²) in [6.45, 7) is 4.48. The van der Waals surface area contributed by atoms with Crippen molar-refractivity contribution in [2.24, 2.45) is 17.6 Å². The van der Waals surface area contributed by atoms with Crippen LogP contribution < -0.4 is 5.73 Å². The molecule has 21 heavy (non-hydrogen) atoms. The van der Waals surface area contributed by atoms with Crippen LogP contribution in [0.15, 0.2) is 0 Å². The maximum absolute atomic E-state index is 11.4. The molecular weight excluding hydrogens is 266 g/mol. The fraction of sp³-hybridized carbons (Fsp3) is 0.938. The number of aliphatic carboxylic acids is 1. The number of carboxylic acids is 1. The molecule has 1 saturated carbocycles. The minimum Gasteiger partial charge on any atom is -0.480 e. The summed E-state index contributed by atoms with van der Waals surface area (Å²) >= 11 is 0. The second-order valence-electron chi connectivity index (χ2n) is 7.27. The van der Waals surface area contributed by atoms with Gasteiger partial charge in [0.1, 0.15) is 5.54 Å². The molecule has 2 rings (SSSR count). The van der Waals surface area contributed by atoms with E-state index in [1.807, 2.05) is 0 Å². The Morgan fingerprint density at radius 1 is 1.33 bits per heavy atom. The molecule has 1 saturated heterocycles. The largest absolute Gasteiger partial charge is 0.480 e. The van der Waals surface area contributed by atoms with E-state index in [0.717, 1.165) is 44.8 Å². The summed E-state index contributed by atoms with van der Waals surface area (Å²) in [5, 5.41) is 9.36. The van der Waals surface area contributed by atoms with Crippen LogP contribution in [0, 0.1) is 11.8 Å². The van der Waals surface area contributed by atoms with E-state index in [2.05, 4.69) is 23.9 Å². The first-order chi connectivity index (χ1) is 9.91. The third kappa shape index (κ3) is 4.18. The molecule has 0 amide bonds. The van der Waals surface area contributed by atoms with Gasteiger partial charge in [0, 0.05) is 6.54 Å². The van der Waals surface area contributed by atoms with Crippen molar-refractivity contribution in [2.45, 2.75) is 44.1 Å². The van der Waals surface area contributed by atoms with Crippen LogP contribution in [0.5, 0.6) is 0 Å². The molecule has 1 aliphatic heterocycles. The quantitative estimate of drug-likeness (QED) is 0.772. The summed E-state index contributed by atoms with van der Waals surface area (Å²) < 4.78 is 0. The van der Waals surface area contributed by atoms with Crippen LogP contribution in [0.1, 0.15) is 38.5 Å². The number of carbonyl (C=O) groups is 1. The average Bonchev–Trinajstić information content (AvgIpc) is 2.80. The van der Waals surface area contributed by atoms with Crippen molar-refractivity contribution in [3.8, 4) is 0 Å². The van der Waals surface area contributed by atoms with Crippen molar-refractivity contribution in [1.82, 2.24) is 9.80 Å². The lowest BCUT2D eigenvalue weighted by atomic mass is 9.85. The lowest BCUT2D eigenvalue weighted by molar-refractivity contribution is -0.144. The van der Waals surface area contributed by atoms with Crippen molar-refractivity contribution in [1.29, 1.82) is 0 Å². The molecule has 2 unspecified atom stereocenters. The Morgan fingerprint density at radius 3 is 2.57 bits per heavy atom. The Morgan fingerprint density at radius 2 is 2.00 bits per heavy atom. The Labute approximate surface area is 128 Å². The topological polar surface area (TPSA) is 69.8 Å². The van der Waals surface area contributed by atoms with Gasteiger partial charge in [0.2, 0.25) is 0 Å². The molecule has 1 aliphatic carbocycles. The lowest BCUT2D eigenvalue weighted by Gasteiger charge is -2.35. The summed E-state index contributed by atoms with van der Waals surface area (Å²) in [4.78, 5) is 16.2. The maximum atomic E-state index is 11.4. The third-order valence-corrected chi connectivity index (χ3v) is 5.39. The van der Waals surface area contributed by atoms with Gasteiger partial charge in [-0.15, -0.1) is 0 Å². The fourth-order valence-corrected chi connectivity index (χ4v) is 4.03. The predicted octanol–water partition coefficient (Wildman–Crippen LogP) is 1.23. The molecule has 5 nitrogen and oxygen atoms in total. The van der Waals surface area contributed by atoms with Crippen molar-refractivity contribution >= 4 is 5.97 Å². The number of carboxylic acid groups (broad SMARTS) is 1. The molecule has 0 aromatic heterocycles. The smallest absolute Gasteiger partial charge is 0.323 e. The molecule has 2 fully saturated rings. The zero-order chi connectivity index (χ0) is 15.5. The zero-order valence-corrected chi connectivity index (χ0v) is 13.6. The van der Waals surface area contributed by atoms with Crippen LogP contribution >= 0.6 is 0 Å². The molecule has 2 atom stereocenters. The molecule has 2 aliphatic rings. The minimum atomic E-state index is -0.969. The van der Waals surface area contributed by atoms with Crippen LogP contribution in [-0.2, 0) is 4.79 Å². The molecule has 0 bridgehead atoms. The molecule has 1 heterocycles. The Hall–Kier alpha value is -0.650. The highest BCUT2D eigenvalue weighted by molar-refractivity contribution is 5.79. The van der Waals surface area contributed by atoms with E-state index in [4.69, 9.17) is 5.73 Å². The predicted molar refractivity (Wildman–Crippen MR) is 84.2 cm³/mol. The van der Waals surface area contributed by atoms with Gasteiger partial charge in [-0.05, 0) is 77.7 Å². The number of rotatable bonds is 6. The minimum absolute atomic E-state index is 0.148. The van der Waals surface area contributed by atoms with E-state index in [-0.39, 0.29) is 5.92 Å².